The van der Waals surface area contributed by atoms with Crippen molar-refractivity contribution in [3.8, 4) is 22.6 Å². The van der Waals surface area contributed by atoms with E-state index in [-0.39, 0.29) is 23.7 Å². The Bertz CT molecular complexity index is 1250. The van der Waals surface area contributed by atoms with Crippen LogP contribution in [0.3, 0.4) is 0 Å². The zero-order valence-corrected chi connectivity index (χ0v) is 20.5. The van der Waals surface area contributed by atoms with Crippen LogP contribution in [0.5, 0.6) is 11.5 Å². The van der Waals surface area contributed by atoms with E-state index in [4.69, 9.17) is 10.5 Å². The first-order valence-electron chi connectivity index (χ1n) is 12.6. The summed E-state index contributed by atoms with van der Waals surface area (Å²) in [6.07, 6.45) is 8.61. The van der Waals surface area contributed by atoms with Crippen LogP contribution < -0.4 is 15.8 Å². The van der Waals surface area contributed by atoms with E-state index in [9.17, 15) is 5.11 Å². The van der Waals surface area contributed by atoms with Crippen molar-refractivity contribution in [2.24, 2.45) is 11.7 Å². The van der Waals surface area contributed by atoms with Crippen LogP contribution in [0.15, 0.2) is 37.0 Å². The molecular weight excluding hydrogens is 441 g/mol. The fourth-order valence-corrected chi connectivity index (χ4v) is 5.20. The van der Waals surface area contributed by atoms with Crippen LogP contribution in [0.2, 0.25) is 0 Å². The number of phenols is 1. The summed E-state index contributed by atoms with van der Waals surface area (Å²) in [4.78, 5) is 4.53. The smallest absolute Gasteiger partial charge is 0.161 e. The van der Waals surface area contributed by atoms with Gasteiger partial charge in [-0.15, -0.1) is 0 Å². The number of halogens is 1. The number of fused-ring (bicyclic) bond motifs is 1. The minimum absolute atomic E-state index is 0.127. The molecule has 2 fully saturated rings. The summed E-state index contributed by atoms with van der Waals surface area (Å²) in [5.74, 6) is 0.601. The number of nitrogens with two attached hydrogens (primary N) is 1. The van der Waals surface area contributed by atoms with Gasteiger partial charge in [-0.2, -0.15) is 0 Å². The van der Waals surface area contributed by atoms with E-state index >= 15 is 4.39 Å². The second-order valence-corrected chi connectivity index (χ2v) is 10.00. The summed E-state index contributed by atoms with van der Waals surface area (Å²) in [5, 5.41) is 14.9. The Morgan fingerprint density at radius 1 is 1.14 bits per heavy atom. The third kappa shape index (κ3) is 4.59. The molecule has 2 aliphatic rings. The van der Waals surface area contributed by atoms with E-state index < -0.39 is 0 Å². The van der Waals surface area contributed by atoms with Crippen molar-refractivity contribution in [2.75, 3.05) is 12.4 Å². The number of rotatable bonds is 7. The van der Waals surface area contributed by atoms with E-state index in [1.807, 2.05) is 19.1 Å². The third-order valence-corrected chi connectivity index (χ3v) is 7.55. The topological polar surface area (TPSA) is 80.4 Å². The molecule has 0 aliphatic heterocycles. The zero-order chi connectivity index (χ0) is 24.7. The second-order valence-electron chi connectivity index (χ2n) is 10.00. The van der Waals surface area contributed by atoms with Gasteiger partial charge >= 0.3 is 0 Å². The number of phenolic OH excluding ortho intramolecular Hbond substituents is 1. The Kier molecular flexibility index (Phi) is 6.41. The van der Waals surface area contributed by atoms with Crippen molar-refractivity contribution in [2.45, 2.75) is 64.0 Å². The molecule has 0 unspecified atom stereocenters. The van der Waals surface area contributed by atoms with Gasteiger partial charge in [-0.3, -0.25) is 4.98 Å². The van der Waals surface area contributed by atoms with E-state index in [1.54, 1.807) is 12.3 Å². The maximum Gasteiger partial charge on any atom is 0.161 e. The predicted molar refractivity (Wildman–Crippen MR) is 140 cm³/mol. The molecule has 5 nitrogen and oxygen atoms in total. The third-order valence-electron chi connectivity index (χ3n) is 7.55. The van der Waals surface area contributed by atoms with Crippen LogP contribution in [-0.2, 0) is 6.42 Å². The lowest BCUT2D eigenvalue weighted by atomic mass is 9.90. The molecule has 2 aromatic carbocycles. The fourth-order valence-electron chi connectivity index (χ4n) is 5.20. The Balaban J connectivity index is 1.66. The van der Waals surface area contributed by atoms with Crippen LogP contribution >= 0.6 is 0 Å². The highest BCUT2D eigenvalue weighted by Crippen LogP contribution is 2.45. The average Bonchev–Trinajstić information content (AvgIpc) is 3.71. The standard InChI is InChI=1S/C29H34FN3O2/c1-4-17-11-19(14-26(35-3)29(17)34)20-12-23-27(33-22-9-7-21(31)8-10-22)24(16(2)18-5-6-18)15-32-28(23)25(30)13-20/h11-15,18,21-22,34H,2,4-10,31H2,1,3H3,(H,32,33). The van der Waals surface area contributed by atoms with Crippen molar-refractivity contribution in [1.29, 1.82) is 0 Å². The van der Waals surface area contributed by atoms with Gasteiger partial charge in [-0.1, -0.05) is 13.5 Å². The predicted octanol–water partition coefficient (Wildman–Crippen LogP) is 6.42. The van der Waals surface area contributed by atoms with Gasteiger partial charge in [0, 0.05) is 29.2 Å². The number of aromatic nitrogens is 1. The SMILES string of the molecule is C=C(c1cnc2c(F)cc(-c3cc(CC)c(O)c(OC)c3)cc2c1NC1CCC(N)CC1)C1CC1. The Hall–Kier alpha value is -3.12. The first kappa shape index (κ1) is 23.6. The molecule has 1 aromatic heterocycles. The monoisotopic (exact) mass is 475 g/mol. The van der Waals surface area contributed by atoms with Crippen molar-refractivity contribution >= 4 is 22.2 Å². The molecule has 0 atom stereocenters. The summed E-state index contributed by atoms with van der Waals surface area (Å²) in [5.41, 5.74) is 11.7. The molecule has 2 aliphatic carbocycles. The van der Waals surface area contributed by atoms with Crippen molar-refractivity contribution in [3.05, 3.63) is 54.0 Å². The maximum atomic E-state index is 15.5. The highest BCUT2D eigenvalue weighted by atomic mass is 19.1. The molecule has 184 valence electrons. The van der Waals surface area contributed by atoms with Crippen LogP contribution in [-0.4, -0.2) is 29.3 Å². The van der Waals surface area contributed by atoms with Gasteiger partial charge in [0.05, 0.1) is 12.8 Å². The van der Waals surface area contributed by atoms with Crippen LogP contribution in [0.1, 0.15) is 56.6 Å². The number of nitrogens with zero attached hydrogens (tertiary/aromatic N) is 1. The Labute approximate surface area is 206 Å². The molecule has 5 rings (SSSR count). The van der Waals surface area contributed by atoms with Gasteiger partial charge in [0.2, 0.25) is 0 Å². The number of ether oxygens (including phenoxy) is 1. The van der Waals surface area contributed by atoms with Gasteiger partial charge in [-0.25, -0.2) is 4.39 Å². The lowest BCUT2D eigenvalue weighted by Gasteiger charge is -2.29. The molecule has 0 bridgehead atoms. The summed E-state index contributed by atoms with van der Waals surface area (Å²) in [7, 11) is 1.52. The van der Waals surface area contributed by atoms with Crippen LogP contribution in [0.25, 0.3) is 27.6 Å². The molecule has 2 saturated carbocycles. The molecule has 0 spiro atoms. The lowest BCUT2D eigenvalue weighted by molar-refractivity contribution is 0.371. The van der Waals surface area contributed by atoms with Crippen molar-refractivity contribution in [3.63, 3.8) is 0 Å². The Morgan fingerprint density at radius 2 is 1.86 bits per heavy atom. The van der Waals surface area contributed by atoms with E-state index in [0.717, 1.165) is 71.9 Å². The number of hydrogen-bond acceptors (Lipinski definition) is 5. The van der Waals surface area contributed by atoms with E-state index in [2.05, 4.69) is 16.9 Å². The van der Waals surface area contributed by atoms with Crippen molar-refractivity contribution in [1.82, 2.24) is 4.98 Å². The van der Waals surface area contributed by atoms with Crippen LogP contribution in [0.4, 0.5) is 10.1 Å². The lowest BCUT2D eigenvalue weighted by Crippen LogP contribution is -2.33. The van der Waals surface area contributed by atoms with Gasteiger partial charge in [0.1, 0.15) is 11.3 Å². The summed E-state index contributed by atoms with van der Waals surface area (Å²) in [6, 6.07) is 7.69. The first-order valence-corrected chi connectivity index (χ1v) is 12.6. The summed E-state index contributed by atoms with van der Waals surface area (Å²) in [6.45, 7) is 6.35. The molecule has 3 aromatic rings. The molecule has 4 N–H and O–H groups in total. The number of allylic oxidation sites excluding steroid dienone is 1. The highest BCUT2D eigenvalue weighted by Gasteiger charge is 2.29. The van der Waals surface area contributed by atoms with E-state index in [0.29, 0.717) is 29.2 Å². The highest BCUT2D eigenvalue weighted by molar-refractivity contribution is 6.00. The molecule has 35 heavy (non-hydrogen) atoms. The maximum absolute atomic E-state index is 15.5. The Morgan fingerprint density at radius 3 is 2.51 bits per heavy atom. The number of nitrogens with one attached hydrogen (secondary N) is 1. The first-order chi connectivity index (χ1) is 16.9. The molecule has 0 saturated heterocycles. The van der Waals surface area contributed by atoms with Gasteiger partial charge < -0.3 is 20.9 Å². The normalized spacial score (nSPS) is 20.1. The molecule has 0 radical (unpaired) electrons. The number of aryl methyl sites for hydroxylation is 1. The number of anilines is 1. The molecule has 1 heterocycles. The average molecular weight is 476 g/mol. The number of pyridine rings is 1. The molecule has 6 heteroatoms. The fraction of sp³-hybridized carbons (Fsp3) is 0.414. The minimum atomic E-state index is -0.375. The van der Waals surface area contributed by atoms with E-state index in [1.165, 1.54) is 13.2 Å². The van der Waals surface area contributed by atoms with Gasteiger partial charge in [-0.05, 0) is 97.4 Å². The van der Waals surface area contributed by atoms with Gasteiger partial charge in [0.25, 0.3) is 0 Å². The number of hydrogen-bond donors (Lipinski definition) is 3. The van der Waals surface area contributed by atoms with Crippen molar-refractivity contribution < 1.29 is 14.2 Å². The summed E-state index contributed by atoms with van der Waals surface area (Å²) < 4.78 is 20.9. The van der Waals surface area contributed by atoms with Crippen LogP contribution in [0, 0.1) is 11.7 Å². The number of aromatic hydroxyl groups is 1. The molecular formula is C29H34FN3O2. The van der Waals surface area contributed by atoms with Gasteiger partial charge in [0.15, 0.2) is 11.5 Å². The largest absolute Gasteiger partial charge is 0.504 e. The number of methoxy groups -OCH3 is 1. The zero-order valence-electron chi connectivity index (χ0n) is 20.5. The summed E-state index contributed by atoms with van der Waals surface area (Å²) >= 11 is 0. The second kappa shape index (κ2) is 9.50. The quantitative estimate of drug-likeness (QED) is 0.367. The minimum Gasteiger partial charge on any atom is -0.504 e. The number of benzene rings is 2. The molecule has 0 amide bonds.